The number of aryl methyl sites for hydroxylation is 1. The van der Waals surface area contributed by atoms with Gasteiger partial charge in [-0.15, -0.1) is 0 Å². The Kier molecular flexibility index (Phi) is 4.43. The minimum absolute atomic E-state index is 0.148. The van der Waals surface area contributed by atoms with Crippen molar-refractivity contribution in [1.82, 2.24) is 9.29 Å². The topological polar surface area (TPSA) is 50.3 Å². The molecule has 1 aromatic heterocycles. The molecule has 18 heavy (non-hydrogen) atoms. The first-order valence-electron chi connectivity index (χ1n) is 5.63. The number of hydrogen-bond acceptors (Lipinski definition) is 5. The predicted octanol–water partition coefficient (Wildman–Crippen LogP) is 2.14. The molecule has 0 unspecified atom stereocenters. The first kappa shape index (κ1) is 13.2. The zero-order chi connectivity index (χ0) is 13.0. The maximum Gasteiger partial charge on any atom is 0.240 e. The van der Waals surface area contributed by atoms with Crippen molar-refractivity contribution in [3.05, 3.63) is 30.1 Å². The number of carbonyl (C=O) groups is 2. The number of carbonyl (C=O) groups excluding carboxylic acids is 2. The molecule has 0 aliphatic carbocycles. The average Bonchev–Trinajstić information content (AvgIpc) is 2.69. The number of thiocarbonyl (C=S) groups is 1. The van der Waals surface area contributed by atoms with Crippen molar-refractivity contribution in [3.8, 4) is 0 Å². The Morgan fingerprint density at radius 2 is 2.06 bits per heavy atom. The average molecular weight is 280 g/mol. The summed E-state index contributed by atoms with van der Waals surface area (Å²) in [7, 11) is 0. The third kappa shape index (κ3) is 3.36. The number of imide groups is 1. The fraction of sp³-hybridized carbons (Fsp3) is 0.333. The zero-order valence-electron chi connectivity index (χ0n) is 9.67. The molecule has 2 heterocycles. The molecule has 0 saturated carbocycles. The van der Waals surface area contributed by atoms with Crippen LogP contribution in [0.5, 0.6) is 0 Å². The van der Waals surface area contributed by atoms with Crippen molar-refractivity contribution < 1.29 is 9.59 Å². The van der Waals surface area contributed by atoms with Crippen LogP contribution in [0.4, 0.5) is 0 Å². The molecule has 0 aromatic carbocycles. The van der Waals surface area contributed by atoms with Crippen molar-refractivity contribution in [2.24, 2.45) is 0 Å². The summed E-state index contributed by atoms with van der Waals surface area (Å²) in [5.41, 5.74) is 0.958. The van der Waals surface area contributed by atoms with Gasteiger partial charge in [0.05, 0.1) is 4.20 Å². The van der Waals surface area contributed by atoms with E-state index in [-0.39, 0.29) is 11.8 Å². The van der Waals surface area contributed by atoms with E-state index in [4.69, 9.17) is 12.2 Å². The molecule has 1 aromatic rings. The van der Waals surface area contributed by atoms with Gasteiger partial charge in [-0.2, -0.15) is 0 Å². The Balaban J connectivity index is 1.82. The highest BCUT2D eigenvalue weighted by atomic mass is 32.2. The van der Waals surface area contributed by atoms with Gasteiger partial charge in [0, 0.05) is 36.7 Å². The van der Waals surface area contributed by atoms with Gasteiger partial charge in [0.15, 0.2) is 0 Å². The molecule has 1 saturated heterocycles. The lowest BCUT2D eigenvalue weighted by Crippen LogP contribution is -2.23. The SMILES string of the molecule is O=C1CCC(=O)N1SC(=S)CCc1ccccn1. The van der Waals surface area contributed by atoms with E-state index in [0.717, 1.165) is 24.1 Å². The van der Waals surface area contributed by atoms with Crippen molar-refractivity contribution in [1.29, 1.82) is 0 Å². The van der Waals surface area contributed by atoms with Crippen LogP contribution >= 0.6 is 24.2 Å². The van der Waals surface area contributed by atoms with Crippen LogP contribution in [0.25, 0.3) is 0 Å². The number of nitrogens with zero attached hydrogens (tertiary/aromatic N) is 2. The van der Waals surface area contributed by atoms with Crippen LogP contribution in [-0.2, 0) is 16.0 Å². The van der Waals surface area contributed by atoms with Crippen LogP contribution in [0.15, 0.2) is 24.4 Å². The molecule has 0 N–H and O–H groups in total. The summed E-state index contributed by atoms with van der Waals surface area (Å²) in [5.74, 6) is -0.296. The van der Waals surface area contributed by atoms with Gasteiger partial charge in [-0.1, -0.05) is 18.3 Å². The second-order valence-electron chi connectivity index (χ2n) is 3.87. The summed E-state index contributed by atoms with van der Waals surface area (Å²) in [6.07, 6.45) is 3.69. The van der Waals surface area contributed by atoms with Gasteiger partial charge in [-0.3, -0.25) is 14.6 Å². The van der Waals surface area contributed by atoms with E-state index in [1.54, 1.807) is 6.20 Å². The summed E-state index contributed by atoms with van der Waals surface area (Å²) in [6, 6.07) is 5.71. The number of hydrogen-bond donors (Lipinski definition) is 0. The van der Waals surface area contributed by atoms with Gasteiger partial charge >= 0.3 is 0 Å². The molecule has 6 heteroatoms. The van der Waals surface area contributed by atoms with Gasteiger partial charge in [-0.25, -0.2) is 4.31 Å². The molecule has 1 aliphatic heterocycles. The maximum absolute atomic E-state index is 11.4. The summed E-state index contributed by atoms with van der Waals surface area (Å²) in [6.45, 7) is 0. The van der Waals surface area contributed by atoms with E-state index >= 15 is 0 Å². The minimum Gasteiger partial charge on any atom is -0.273 e. The van der Waals surface area contributed by atoms with Crippen molar-refractivity contribution >= 4 is 40.2 Å². The van der Waals surface area contributed by atoms with E-state index < -0.39 is 0 Å². The molecule has 94 valence electrons. The van der Waals surface area contributed by atoms with Crippen LogP contribution in [0.1, 0.15) is 25.0 Å². The van der Waals surface area contributed by atoms with Crippen molar-refractivity contribution in [2.75, 3.05) is 0 Å². The summed E-state index contributed by atoms with van der Waals surface area (Å²) >= 11 is 6.27. The molecule has 0 bridgehead atoms. The third-order valence-corrected chi connectivity index (χ3v) is 3.94. The summed E-state index contributed by atoms with van der Waals surface area (Å²) < 4.78 is 1.82. The number of rotatable bonds is 4. The highest BCUT2D eigenvalue weighted by Crippen LogP contribution is 2.24. The molecule has 0 radical (unpaired) electrons. The highest BCUT2D eigenvalue weighted by Gasteiger charge is 2.30. The molecule has 1 fully saturated rings. The van der Waals surface area contributed by atoms with Crippen LogP contribution in [0.3, 0.4) is 0 Å². The fourth-order valence-corrected chi connectivity index (χ4v) is 2.69. The molecule has 4 nitrogen and oxygen atoms in total. The standard InChI is InChI=1S/C12H12N2O2S2/c15-10-5-6-11(16)14(10)18-12(17)7-4-9-3-1-2-8-13-9/h1-3,8H,4-7H2. The second kappa shape index (κ2) is 6.06. The number of amides is 2. The number of aromatic nitrogens is 1. The van der Waals surface area contributed by atoms with E-state index in [9.17, 15) is 9.59 Å². The predicted molar refractivity (Wildman–Crippen MR) is 73.8 cm³/mol. The quantitative estimate of drug-likeness (QED) is 0.480. The molecule has 2 rings (SSSR count). The van der Waals surface area contributed by atoms with Gasteiger partial charge in [0.2, 0.25) is 11.8 Å². The van der Waals surface area contributed by atoms with Gasteiger partial charge in [0.25, 0.3) is 0 Å². The summed E-state index contributed by atoms with van der Waals surface area (Å²) in [5, 5.41) is 0. The number of pyridine rings is 1. The van der Waals surface area contributed by atoms with Crippen molar-refractivity contribution in [3.63, 3.8) is 0 Å². The van der Waals surface area contributed by atoms with Crippen LogP contribution < -0.4 is 0 Å². The van der Waals surface area contributed by atoms with E-state index in [0.29, 0.717) is 23.5 Å². The molecular weight excluding hydrogens is 268 g/mol. The van der Waals surface area contributed by atoms with Gasteiger partial charge in [-0.05, 0) is 25.0 Å². The van der Waals surface area contributed by atoms with Gasteiger partial charge in [0.1, 0.15) is 0 Å². The first-order chi connectivity index (χ1) is 8.66. The van der Waals surface area contributed by atoms with E-state index in [2.05, 4.69) is 4.98 Å². The zero-order valence-corrected chi connectivity index (χ0v) is 11.3. The molecule has 2 amide bonds. The van der Waals surface area contributed by atoms with Crippen LogP contribution in [0.2, 0.25) is 0 Å². The van der Waals surface area contributed by atoms with E-state index in [1.807, 2.05) is 18.2 Å². The second-order valence-corrected chi connectivity index (χ2v) is 5.66. The Bertz CT molecular complexity index is 460. The van der Waals surface area contributed by atoms with Crippen LogP contribution in [-0.4, -0.2) is 25.3 Å². The minimum atomic E-state index is -0.148. The Hall–Kier alpha value is -1.27. The monoisotopic (exact) mass is 280 g/mol. The van der Waals surface area contributed by atoms with Crippen molar-refractivity contribution in [2.45, 2.75) is 25.7 Å². The summed E-state index contributed by atoms with van der Waals surface area (Å²) in [4.78, 5) is 27.0. The molecule has 0 atom stereocenters. The van der Waals surface area contributed by atoms with Crippen LogP contribution in [0, 0.1) is 0 Å². The Labute approximate surface area is 115 Å². The maximum atomic E-state index is 11.4. The fourth-order valence-electron chi connectivity index (χ4n) is 1.58. The largest absolute Gasteiger partial charge is 0.273 e. The highest BCUT2D eigenvalue weighted by molar-refractivity contribution is 8.22. The lowest BCUT2D eigenvalue weighted by molar-refractivity contribution is -0.131. The normalized spacial score (nSPS) is 15.2. The molecule has 0 spiro atoms. The Morgan fingerprint density at radius 1 is 1.33 bits per heavy atom. The Morgan fingerprint density at radius 3 is 2.67 bits per heavy atom. The lowest BCUT2D eigenvalue weighted by Gasteiger charge is -2.12. The van der Waals surface area contributed by atoms with Gasteiger partial charge < -0.3 is 0 Å². The molecular formula is C12H12N2O2S2. The molecule has 1 aliphatic rings. The lowest BCUT2D eigenvalue weighted by atomic mass is 10.2. The first-order valence-corrected chi connectivity index (χ1v) is 6.81. The van der Waals surface area contributed by atoms with E-state index in [1.165, 1.54) is 4.31 Å². The third-order valence-electron chi connectivity index (χ3n) is 2.51. The smallest absolute Gasteiger partial charge is 0.240 e.